The molecule has 0 bridgehead atoms. The van der Waals surface area contributed by atoms with Crippen molar-refractivity contribution in [3.8, 4) is 0 Å². The summed E-state index contributed by atoms with van der Waals surface area (Å²) in [4.78, 5) is 22.0. The molecule has 0 spiro atoms. The SMILES string of the molecule is CN1CCC(c2cc(=O)[nH]c(CC3=CCCCC3)n2)CC1. The largest absolute Gasteiger partial charge is 0.310 e. The van der Waals surface area contributed by atoms with Crippen molar-refractivity contribution in [3.63, 3.8) is 0 Å². The Morgan fingerprint density at radius 3 is 2.86 bits per heavy atom. The number of hydrogen-bond donors (Lipinski definition) is 1. The third kappa shape index (κ3) is 3.82. The molecule has 0 atom stereocenters. The van der Waals surface area contributed by atoms with Gasteiger partial charge in [0, 0.05) is 18.4 Å². The van der Waals surface area contributed by atoms with Crippen LogP contribution in [0.1, 0.15) is 56.0 Å². The van der Waals surface area contributed by atoms with Gasteiger partial charge in [0.2, 0.25) is 0 Å². The standard InChI is InChI=1S/C17H25N3O/c1-20-9-7-14(8-10-20)15-12-17(21)19-16(18-15)11-13-5-3-2-4-6-13/h5,12,14H,2-4,6-11H2,1H3,(H,18,19,21). The minimum atomic E-state index is 0.00494. The molecule has 4 heteroatoms. The van der Waals surface area contributed by atoms with E-state index in [1.807, 2.05) is 0 Å². The highest BCUT2D eigenvalue weighted by Gasteiger charge is 2.20. The van der Waals surface area contributed by atoms with Crippen molar-refractivity contribution < 1.29 is 0 Å². The number of rotatable bonds is 3. The Kier molecular flexibility index (Phi) is 4.54. The van der Waals surface area contributed by atoms with Gasteiger partial charge in [-0.05, 0) is 58.7 Å². The number of piperidine rings is 1. The Labute approximate surface area is 126 Å². The fourth-order valence-electron chi connectivity index (χ4n) is 3.41. The summed E-state index contributed by atoms with van der Waals surface area (Å²) in [6.07, 6.45) is 10.2. The smallest absolute Gasteiger partial charge is 0.251 e. The molecule has 4 nitrogen and oxygen atoms in total. The van der Waals surface area contributed by atoms with E-state index in [2.05, 4.69) is 23.0 Å². The van der Waals surface area contributed by atoms with E-state index in [9.17, 15) is 4.79 Å². The van der Waals surface area contributed by atoms with E-state index >= 15 is 0 Å². The van der Waals surface area contributed by atoms with Crippen molar-refractivity contribution in [2.24, 2.45) is 0 Å². The van der Waals surface area contributed by atoms with Crippen LogP contribution in [-0.2, 0) is 6.42 Å². The monoisotopic (exact) mass is 287 g/mol. The summed E-state index contributed by atoms with van der Waals surface area (Å²) < 4.78 is 0. The first-order valence-corrected chi connectivity index (χ1v) is 8.17. The minimum absolute atomic E-state index is 0.00494. The zero-order valence-corrected chi connectivity index (χ0v) is 12.9. The molecular weight excluding hydrogens is 262 g/mol. The van der Waals surface area contributed by atoms with E-state index in [0.29, 0.717) is 5.92 Å². The predicted octanol–water partition coefficient (Wildman–Crippen LogP) is 2.62. The van der Waals surface area contributed by atoms with Gasteiger partial charge in [-0.3, -0.25) is 4.79 Å². The van der Waals surface area contributed by atoms with Crippen molar-refractivity contribution in [2.75, 3.05) is 20.1 Å². The maximum absolute atomic E-state index is 11.9. The van der Waals surface area contributed by atoms with Crippen LogP contribution in [-0.4, -0.2) is 35.0 Å². The van der Waals surface area contributed by atoms with Crippen LogP contribution in [0, 0.1) is 0 Å². The average molecular weight is 287 g/mol. The van der Waals surface area contributed by atoms with E-state index in [-0.39, 0.29) is 5.56 Å². The van der Waals surface area contributed by atoms with E-state index < -0.39 is 0 Å². The molecule has 1 fully saturated rings. The lowest BCUT2D eigenvalue weighted by Gasteiger charge is -2.28. The van der Waals surface area contributed by atoms with Gasteiger partial charge in [-0.1, -0.05) is 11.6 Å². The molecule has 3 rings (SSSR count). The summed E-state index contributed by atoms with van der Waals surface area (Å²) in [7, 11) is 2.16. The highest BCUT2D eigenvalue weighted by molar-refractivity contribution is 5.15. The first-order chi connectivity index (χ1) is 10.2. The molecule has 0 unspecified atom stereocenters. The molecule has 1 aliphatic heterocycles. The molecule has 0 aromatic carbocycles. The molecule has 1 N–H and O–H groups in total. The second kappa shape index (κ2) is 6.56. The van der Waals surface area contributed by atoms with Gasteiger partial charge >= 0.3 is 0 Å². The lowest BCUT2D eigenvalue weighted by atomic mass is 9.93. The van der Waals surface area contributed by atoms with Gasteiger partial charge in [0.1, 0.15) is 5.82 Å². The van der Waals surface area contributed by atoms with Crippen molar-refractivity contribution in [1.29, 1.82) is 0 Å². The molecule has 2 aliphatic rings. The lowest BCUT2D eigenvalue weighted by molar-refractivity contribution is 0.253. The zero-order chi connectivity index (χ0) is 14.7. The third-order valence-corrected chi connectivity index (χ3v) is 4.73. The summed E-state index contributed by atoms with van der Waals surface area (Å²) >= 11 is 0. The van der Waals surface area contributed by atoms with Crippen molar-refractivity contribution in [1.82, 2.24) is 14.9 Å². The number of allylic oxidation sites excluding steroid dienone is 2. The highest BCUT2D eigenvalue weighted by atomic mass is 16.1. The number of nitrogens with one attached hydrogen (secondary N) is 1. The van der Waals surface area contributed by atoms with Crippen LogP contribution in [0.3, 0.4) is 0 Å². The number of aromatic amines is 1. The molecule has 1 aromatic rings. The fourth-order valence-corrected chi connectivity index (χ4v) is 3.41. The number of nitrogens with zero attached hydrogens (tertiary/aromatic N) is 2. The fraction of sp³-hybridized carbons (Fsp3) is 0.647. The van der Waals surface area contributed by atoms with E-state index in [1.165, 1.54) is 24.8 Å². The Morgan fingerprint density at radius 2 is 2.14 bits per heavy atom. The van der Waals surface area contributed by atoms with Gasteiger partial charge in [-0.2, -0.15) is 0 Å². The molecule has 0 amide bonds. The molecule has 114 valence electrons. The molecule has 0 radical (unpaired) electrons. The van der Waals surface area contributed by atoms with E-state index in [0.717, 1.165) is 50.3 Å². The van der Waals surface area contributed by atoms with Gasteiger partial charge in [0.05, 0.1) is 5.69 Å². The zero-order valence-electron chi connectivity index (χ0n) is 12.9. The highest BCUT2D eigenvalue weighted by Crippen LogP contribution is 2.26. The molecule has 0 saturated carbocycles. The van der Waals surface area contributed by atoms with Crippen molar-refractivity contribution in [2.45, 2.75) is 50.9 Å². The Hall–Kier alpha value is -1.42. The molecular formula is C17H25N3O. The summed E-state index contributed by atoms with van der Waals surface area (Å²) in [5.74, 6) is 1.30. The minimum Gasteiger partial charge on any atom is -0.310 e. The Bertz CT molecular complexity index is 568. The molecule has 2 heterocycles. The van der Waals surface area contributed by atoms with Gasteiger partial charge < -0.3 is 9.88 Å². The van der Waals surface area contributed by atoms with Gasteiger partial charge in [-0.15, -0.1) is 0 Å². The maximum Gasteiger partial charge on any atom is 0.251 e. The number of likely N-dealkylation sites (tertiary alicyclic amines) is 1. The van der Waals surface area contributed by atoms with Gasteiger partial charge in [-0.25, -0.2) is 4.98 Å². The first-order valence-electron chi connectivity index (χ1n) is 8.17. The molecule has 1 aliphatic carbocycles. The molecule has 21 heavy (non-hydrogen) atoms. The molecule has 1 aromatic heterocycles. The average Bonchev–Trinajstić information content (AvgIpc) is 2.48. The van der Waals surface area contributed by atoms with Gasteiger partial charge in [0.15, 0.2) is 0 Å². The lowest BCUT2D eigenvalue weighted by Crippen LogP contribution is -2.30. The van der Waals surface area contributed by atoms with Crippen LogP contribution in [0.4, 0.5) is 0 Å². The first kappa shape index (κ1) is 14.5. The summed E-state index contributed by atoms with van der Waals surface area (Å²) in [5.41, 5.74) is 2.44. The summed E-state index contributed by atoms with van der Waals surface area (Å²) in [5, 5.41) is 0. The summed E-state index contributed by atoms with van der Waals surface area (Å²) in [6, 6.07) is 1.70. The van der Waals surface area contributed by atoms with Gasteiger partial charge in [0.25, 0.3) is 5.56 Å². The van der Waals surface area contributed by atoms with Crippen LogP contribution in [0.2, 0.25) is 0 Å². The number of aromatic nitrogens is 2. The second-order valence-corrected chi connectivity index (χ2v) is 6.48. The van der Waals surface area contributed by atoms with E-state index in [1.54, 1.807) is 6.07 Å². The van der Waals surface area contributed by atoms with Crippen molar-refractivity contribution in [3.05, 3.63) is 39.6 Å². The van der Waals surface area contributed by atoms with Crippen molar-refractivity contribution >= 4 is 0 Å². The van der Waals surface area contributed by atoms with Crippen LogP contribution < -0.4 is 5.56 Å². The third-order valence-electron chi connectivity index (χ3n) is 4.73. The van der Waals surface area contributed by atoms with Crippen LogP contribution >= 0.6 is 0 Å². The van der Waals surface area contributed by atoms with Crippen LogP contribution in [0.25, 0.3) is 0 Å². The maximum atomic E-state index is 11.9. The van der Waals surface area contributed by atoms with Crippen LogP contribution in [0.5, 0.6) is 0 Å². The number of hydrogen-bond acceptors (Lipinski definition) is 3. The van der Waals surface area contributed by atoms with Crippen LogP contribution in [0.15, 0.2) is 22.5 Å². The summed E-state index contributed by atoms with van der Waals surface area (Å²) in [6.45, 7) is 2.19. The Balaban J connectivity index is 1.76. The Morgan fingerprint density at radius 1 is 1.33 bits per heavy atom. The molecule has 1 saturated heterocycles. The second-order valence-electron chi connectivity index (χ2n) is 6.48. The topological polar surface area (TPSA) is 49.0 Å². The number of H-pyrrole nitrogens is 1. The van der Waals surface area contributed by atoms with E-state index in [4.69, 9.17) is 4.98 Å². The normalized spacial score (nSPS) is 21.3. The predicted molar refractivity (Wildman–Crippen MR) is 84.6 cm³/mol. The quantitative estimate of drug-likeness (QED) is 0.869.